The van der Waals surface area contributed by atoms with Gasteiger partial charge in [0.15, 0.2) is 0 Å². The van der Waals surface area contributed by atoms with Crippen LogP contribution in [0.1, 0.15) is 33.8 Å². The lowest BCUT2D eigenvalue weighted by Crippen LogP contribution is -2.51. The number of aliphatic imine (C=N–C) groups is 2. The molecule has 0 fully saturated rings. The molecule has 0 radical (unpaired) electrons. The molecule has 3 rings (SSSR count). The molecule has 0 saturated carbocycles. The third-order valence-electron chi connectivity index (χ3n) is 4.59. The molecule has 3 atom stereocenters. The molecule has 11 nitrogen and oxygen atoms in total. The molecule has 2 aliphatic heterocycles. The number of thiophene rings is 1. The van der Waals surface area contributed by atoms with Crippen molar-refractivity contribution in [1.29, 1.82) is 0 Å². The lowest BCUT2D eigenvalue weighted by molar-refractivity contribution is -0.140. The van der Waals surface area contributed by atoms with E-state index < -0.39 is 29.1 Å². The van der Waals surface area contributed by atoms with E-state index in [0.717, 1.165) is 11.3 Å². The van der Waals surface area contributed by atoms with Crippen molar-refractivity contribution in [2.45, 2.75) is 42.2 Å². The van der Waals surface area contributed by atoms with Gasteiger partial charge in [0.25, 0.3) is 5.91 Å². The number of fused-ring (bicyclic) bond motifs is 1. The van der Waals surface area contributed by atoms with Crippen LogP contribution in [-0.2, 0) is 20.8 Å². The van der Waals surface area contributed by atoms with E-state index in [9.17, 15) is 24.3 Å². The third kappa shape index (κ3) is 6.04. The maximum atomic E-state index is 12.3. The normalized spacial score (nSPS) is 21.2. The summed E-state index contributed by atoms with van der Waals surface area (Å²) in [6, 6.07) is 2.15. The molecule has 0 spiro atoms. The first-order valence-electron chi connectivity index (χ1n) is 9.42. The van der Waals surface area contributed by atoms with Crippen LogP contribution < -0.4 is 16.4 Å². The number of hydrogen-bond donors (Lipinski definition) is 5. The highest BCUT2D eigenvalue weighted by molar-refractivity contribution is 8.02. The Hall–Kier alpha value is -2.93. The van der Waals surface area contributed by atoms with Crippen molar-refractivity contribution in [3.63, 3.8) is 0 Å². The standard InChI is InChI=1S/C18H21N5O6S2/c19-18-22-14-13(16(27)23-18)31-9(7-20-14)2-1-8-3-5-11(30-8)15(26)21-10(17(28)29)4-6-12(24)25/h3,5,9-10,13H,1-2,4,6-7H2,(H,21,26)(H,24,25)(H,28,29)(H3,19,20,22,23,27)/t9-,10-,13?/m0/s1. The highest BCUT2D eigenvalue weighted by atomic mass is 32.2. The maximum Gasteiger partial charge on any atom is 0.326 e. The number of nitrogens with two attached hydrogens (primary N) is 1. The van der Waals surface area contributed by atoms with Gasteiger partial charge in [0.1, 0.15) is 17.1 Å². The van der Waals surface area contributed by atoms with Crippen molar-refractivity contribution < 1.29 is 29.4 Å². The van der Waals surface area contributed by atoms with Gasteiger partial charge >= 0.3 is 11.9 Å². The van der Waals surface area contributed by atoms with Gasteiger partial charge in [0.2, 0.25) is 11.9 Å². The van der Waals surface area contributed by atoms with Gasteiger partial charge in [0.05, 0.1) is 11.4 Å². The highest BCUT2D eigenvalue weighted by Gasteiger charge is 2.35. The van der Waals surface area contributed by atoms with Gasteiger partial charge < -0.3 is 21.3 Å². The molecule has 13 heteroatoms. The van der Waals surface area contributed by atoms with E-state index in [1.54, 1.807) is 12.1 Å². The van der Waals surface area contributed by atoms with Crippen molar-refractivity contribution in [2.24, 2.45) is 15.7 Å². The molecule has 1 unspecified atom stereocenters. The first-order chi connectivity index (χ1) is 14.7. The Morgan fingerprint density at radius 3 is 2.81 bits per heavy atom. The quantitative estimate of drug-likeness (QED) is 0.337. The summed E-state index contributed by atoms with van der Waals surface area (Å²) in [6.07, 6.45) is 0.859. The molecule has 3 heterocycles. The van der Waals surface area contributed by atoms with E-state index in [-0.39, 0.29) is 30.0 Å². The molecule has 2 aliphatic rings. The maximum absolute atomic E-state index is 12.3. The van der Waals surface area contributed by atoms with Crippen LogP contribution in [0.15, 0.2) is 22.1 Å². The number of carbonyl (C=O) groups is 4. The van der Waals surface area contributed by atoms with Crippen LogP contribution in [-0.4, -0.2) is 68.8 Å². The van der Waals surface area contributed by atoms with Gasteiger partial charge in [-0.1, -0.05) is 0 Å². The van der Waals surface area contributed by atoms with E-state index in [4.69, 9.17) is 10.8 Å². The van der Waals surface area contributed by atoms with Gasteiger partial charge in [-0.25, -0.2) is 4.79 Å². The Kier molecular flexibility index (Phi) is 7.28. The Morgan fingerprint density at radius 2 is 2.10 bits per heavy atom. The summed E-state index contributed by atoms with van der Waals surface area (Å²) in [4.78, 5) is 56.0. The summed E-state index contributed by atoms with van der Waals surface area (Å²) in [5, 5.41) is 22.4. The van der Waals surface area contributed by atoms with E-state index >= 15 is 0 Å². The number of carboxylic acid groups (broad SMARTS) is 2. The van der Waals surface area contributed by atoms with Crippen LogP contribution in [0.3, 0.4) is 0 Å². The highest BCUT2D eigenvalue weighted by Crippen LogP contribution is 2.30. The number of amidine groups is 1. The fourth-order valence-corrected chi connectivity index (χ4v) is 5.20. The van der Waals surface area contributed by atoms with Crippen LogP contribution >= 0.6 is 23.1 Å². The number of thioether (sulfide) groups is 1. The van der Waals surface area contributed by atoms with E-state index in [0.29, 0.717) is 23.7 Å². The van der Waals surface area contributed by atoms with Crippen LogP contribution in [0.4, 0.5) is 0 Å². The molecule has 0 aliphatic carbocycles. The Bertz CT molecular complexity index is 959. The molecule has 2 amide bonds. The number of carbonyl (C=O) groups excluding carboxylic acids is 2. The second kappa shape index (κ2) is 9.92. The summed E-state index contributed by atoms with van der Waals surface area (Å²) in [6.45, 7) is 0.517. The molecule has 31 heavy (non-hydrogen) atoms. The van der Waals surface area contributed by atoms with Crippen molar-refractivity contribution in [3.8, 4) is 0 Å². The van der Waals surface area contributed by atoms with Crippen molar-refractivity contribution >= 4 is 58.6 Å². The summed E-state index contributed by atoms with van der Waals surface area (Å²) in [7, 11) is 0. The summed E-state index contributed by atoms with van der Waals surface area (Å²) < 4.78 is 0. The molecular weight excluding hydrogens is 446 g/mol. The van der Waals surface area contributed by atoms with Gasteiger partial charge in [-0.3, -0.25) is 24.7 Å². The first kappa shape index (κ1) is 22.7. The molecule has 166 valence electrons. The van der Waals surface area contributed by atoms with Gasteiger partial charge in [-0.15, -0.1) is 23.1 Å². The van der Waals surface area contributed by atoms with Crippen LogP contribution in [0.25, 0.3) is 0 Å². The molecule has 0 aromatic carbocycles. The molecule has 0 bridgehead atoms. The number of aryl methyl sites for hydroxylation is 1. The topological polar surface area (TPSA) is 184 Å². The number of hydrogen-bond acceptors (Lipinski definition) is 9. The largest absolute Gasteiger partial charge is 0.481 e. The summed E-state index contributed by atoms with van der Waals surface area (Å²) >= 11 is 2.73. The summed E-state index contributed by atoms with van der Waals surface area (Å²) in [5.74, 6) is -2.70. The number of nitrogens with zero attached hydrogens (tertiary/aromatic N) is 2. The molecular formula is C18H21N5O6S2. The fourth-order valence-electron chi connectivity index (χ4n) is 3.04. The number of nitrogens with one attached hydrogen (secondary N) is 2. The third-order valence-corrected chi connectivity index (χ3v) is 7.20. The number of aliphatic carboxylic acids is 2. The van der Waals surface area contributed by atoms with Crippen molar-refractivity contribution in [2.75, 3.05) is 6.54 Å². The van der Waals surface area contributed by atoms with Gasteiger partial charge in [-0.05, 0) is 31.4 Å². The predicted octanol–water partition coefficient (Wildman–Crippen LogP) is 0.0555. The lowest BCUT2D eigenvalue weighted by Gasteiger charge is -2.28. The van der Waals surface area contributed by atoms with E-state index in [1.165, 1.54) is 23.1 Å². The number of rotatable bonds is 9. The van der Waals surface area contributed by atoms with Crippen LogP contribution in [0, 0.1) is 0 Å². The second-order valence-corrected chi connectivity index (χ2v) is 9.50. The number of carboxylic acids is 2. The zero-order valence-electron chi connectivity index (χ0n) is 16.2. The predicted molar refractivity (Wildman–Crippen MR) is 116 cm³/mol. The lowest BCUT2D eigenvalue weighted by atomic mass is 10.1. The van der Waals surface area contributed by atoms with Gasteiger partial charge in [0, 0.05) is 16.5 Å². The van der Waals surface area contributed by atoms with E-state index in [1.807, 2.05) is 0 Å². The van der Waals surface area contributed by atoms with Crippen LogP contribution in [0.2, 0.25) is 0 Å². The minimum Gasteiger partial charge on any atom is -0.481 e. The summed E-state index contributed by atoms with van der Waals surface area (Å²) in [5.41, 5.74) is 5.54. The fraction of sp³-hybridized carbons (Fsp3) is 0.444. The number of amides is 2. The Morgan fingerprint density at radius 1 is 1.32 bits per heavy atom. The second-order valence-electron chi connectivity index (χ2n) is 6.92. The Labute approximate surface area is 185 Å². The van der Waals surface area contributed by atoms with E-state index in [2.05, 4.69) is 20.6 Å². The number of guanidine groups is 1. The van der Waals surface area contributed by atoms with Crippen LogP contribution in [0.5, 0.6) is 0 Å². The van der Waals surface area contributed by atoms with Gasteiger partial charge in [-0.2, -0.15) is 4.99 Å². The zero-order chi connectivity index (χ0) is 22.5. The van der Waals surface area contributed by atoms with Crippen molar-refractivity contribution in [1.82, 2.24) is 10.6 Å². The molecule has 1 aromatic heterocycles. The SMILES string of the molecule is NC1=NC2=NC[C@H](CCc3ccc(C(=O)N[C@@H](CCC(=O)O)C(=O)O)s3)SC2C(=O)N1. The Balaban J connectivity index is 1.53. The first-order valence-corrected chi connectivity index (χ1v) is 11.2. The molecule has 6 N–H and O–H groups in total. The minimum absolute atomic E-state index is 0.0524. The minimum atomic E-state index is -1.28. The average Bonchev–Trinajstić information content (AvgIpc) is 3.18. The molecule has 0 saturated heterocycles. The monoisotopic (exact) mass is 467 g/mol. The smallest absolute Gasteiger partial charge is 0.326 e. The van der Waals surface area contributed by atoms with Crippen molar-refractivity contribution in [3.05, 3.63) is 21.9 Å². The zero-order valence-corrected chi connectivity index (χ0v) is 17.9. The average molecular weight is 468 g/mol. The molecule has 1 aromatic rings.